The average Bonchev–Trinajstić information content (AvgIpc) is 2.38. The highest BCUT2D eigenvalue weighted by molar-refractivity contribution is 9.10. The molecule has 1 heterocycles. The summed E-state index contributed by atoms with van der Waals surface area (Å²) in [6.07, 6.45) is 0.102. The van der Waals surface area contributed by atoms with Crippen LogP contribution in [0.5, 0.6) is 0 Å². The molecule has 0 radical (unpaired) electrons. The van der Waals surface area contributed by atoms with Crippen LogP contribution in [-0.4, -0.2) is 35.2 Å². The largest absolute Gasteiger partial charge is 0.481 e. The molecule has 0 aliphatic carbocycles. The van der Waals surface area contributed by atoms with Gasteiger partial charge in [0.15, 0.2) is 0 Å². The summed E-state index contributed by atoms with van der Waals surface area (Å²) in [5, 5.41) is 18.3. The Bertz CT molecular complexity index is 530. The van der Waals surface area contributed by atoms with Gasteiger partial charge < -0.3 is 10.0 Å². The summed E-state index contributed by atoms with van der Waals surface area (Å²) in [4.78, 5) is 13.0. The Morgan fingerprint density at radius 1 is 1.63 bits per heavy atom. The number of hydrogen-bond donors (Lipinski definition) is 1. The second-order valence-electron chi connectivity index (χ2n) is 4.27. The highest BCUT2D eigenvalue weighted by Gasteiger charge is 2.27. The number of nitrogens with zero attached hydrogens (tertiary/aromatic N) is 2. The zero-order valence-corrected chi connectivity index (χ0v) is 12.6. The zero-order valence-electron chi connectivity index (χ0n) is 10.2. The van der Waals surface area contributed by atoms with Gasteiger partial charge in [0, 0.05) is 28.6 Å². The van der Waals surface area contributed by atoms with Gasteiger partial charge in [-0.25, -0.2) is 0 Å². The number of halogens is 1. The number of carboxylic acids is 1. The number of carbonyl (C=O) groups is 1. The van der Waals surface area contributed by atoms with Gasteiger partial charge in [0.05, 0.1) is 17.7 Å². The minimum absolute atomic E-state index is 0.0577. The molecule has 6 heteroatoms. The Morgan fingerprint density at radius 2 is 2.42 bits per heavy atom. The molecular weight excluding hydrogens is 328 g/mol. The van der Waals surface area contributed by atoms with Gasteiger partial charge in [0.25, 0.3) is 0 Å². The van der Waals surface area contributed by atoms with Crippen molar-refractivity contribution >= 4 is 39.3 Å². The lowest BCUT2D eigenvalue weighted by molar-refractivity contribution is -0.137. The van der Waals surface area contributed by atoms with Crippen LogP contribution >= 0.6 is 27.7 Å². The zero-order chi connectivity index (χ0) is 13.8. The molecule has 19 heavy (non-hydrogen) atoms. The monoisotopic (exact) mass is 340 g/mol. The maximum Gasteiger partial charge on any atom is 0.305 e. The molecule has 1 aromatic rings. The summed E-state index contributed by atoms with van der Waals surface area (Å²) in [6, 6.07) is 7.72. The molecule has 0 amide bonds. The summed E-state index contributed by atoms with van der Waals surface area (Å²) >= 11 is 5.14. The van der Waals surface area contributed by atoms with Crippen molar-refractivity contribution < 1.29 is 9.90 Å². The number of benzene rings is 1. The van der Waals surface area contributed by atoms with Crippen LogP contribution in [0, 0.1) is 11.3 Å². The molecule has 2 rings (SSSR count). The van der Waals surface area contributed by atoms with Crippen LogP contribution in [0.2, 0.25) is 0 Å². The third-order valence-electron chi connectivity index (χ3n) is 3.05. The van der Waals surface area contributed by atoms with Crippen LogP contribution in [0.25, 0.3) is 0 Å². The molecule has 1 fully saturated rings. The number of hydrogen-bond acceptors (Lipinski definition) is 4. The predicted octanol–water partition coefficient (Wildman–Crippen LogP) is 2.72. The summed E-state index contributed by atoms with van der Waals surface area (Å²) in [5.41, 5.74) is 1.40. The molecule has 100 valence electrons. The van der Waals surface area contributed by atoms with Crippen molar-refractivity contribution in [3.63, 3.8) is 0 Å². The highest BCUT2D eigenvalue weighted by atomic mass is 79.9. The molecule has 1 aliphatic heterocycles. The van der Waals surface area contributed by atoms with E-state index in [0.29, 0.717) is 5.56 Å². The number of nitriles is 1. The summed E-state index contributed by atoms with van der Waals surface area (Å²) in [5.74, 6) is 0.933. The van der Waals surface area contributed by atoms with Gasteiger partial charge in [-0.05, 0) is 28.1 Å². The maximum atomic E-state index is 11.0. The minimum Gasteiger partial charge on any atom is -0.481 e. The van der Waals surface area contributed by atoms with Gasteiger partial charge in [0.1, 0.15) is 6.07 Å². The van der Waals surface area contributed by atoms with Crippen LogP contribution in [0.1, 0.15) is 12.0 Å². The molecule has 1 N–H and O–H groups in total. The van der Waals surface area contributed by atoms with E-state index in [1.165, 1.54) is 0 Å². The highest BCUT2D eigenvalue weighted by Crippen LogP contribution is 2.32. The molecule has 1 atom stereocenters. The Hall–Kier alpha value is -1.19. The lowest BCUT2D eigenvalue weighted by Gasteiger charge is -2.37. The van der Waals surface area contributed by atoms with Crippen molar-refractivity contribution in [2.75, 3.05) is 23.0 Å². The lowest BCUT2D eigenvalue weighted by atomic mass is 10.1. The molecule has 0 spiro atoms. The molecule has 4 nitrogen and oxygen atoms in total. The topological polar surface area (TPSA) is 64.3 Å². The van der Waals surface area contributed by atoms with E-state index in [1.54, 1.807) is 11.8 Å². The van der Waals surface area contributed by atoms with Gasteiger partial charge in [0.2, 0.25) is 0 Å². The summed E-state index contributed by atoms with van der Waals surface area (Å²) in [7, 11) is 0. The fraction of sp³-hybridized carbons (Fsp3) is 0.385. The Morgan fingerprint density at radius 3 is 3.11 bits per heavy atom. The van der Waals surface area contributed by atoms with Crippen LogP contribution in [0.15, 0.2) is 22.7 Å². The first kappa shape index (κ1) is 14.2. The minimum atomic E-state index is -0.800. The average molecular weight is 341 g/mol. The molecular formula is C13H13BrN2O2S. The van der Waals surface area contributed by atoms with E-state index in [9.17, 15) is 10.1 Å². The molecule has 1 aliphatic rings. The fourth-order valence-corrected chi connectivity index (χ4v) is 3.71. The summed E-state index contributed by atoms with van der Waals surface area (Å²) < 4.78 is 0.750. The van der Waals surface area contributed by atoms with Crippen LogP contribution < -0.4 is 4.90 Å². The Labute approximate surface area is 124 Å². The number of carboxylic acid groups (broad SMARTS) is 1. The smallest absolute Gasteiger partial charge is 0.305 e. The fourth-order valence-electron chi connectivity index (χ4n) is 2.21. The summed E-state index contributed by atoms with van der Waals surface area (Å²) in [6.45, 7) is 0.772. The van der Waals surface area contributed by atoms with Gasteiger partial charge >= 0.3 is 5.97 Å². The maximum absolute atomic E-state index is 11.0. The second-order valence-corrected chi connectivity index (χ2v) is 6.27. The second kappa shape index (κ2) is 6.31. The normalized spacial score (nSPS) is 18.9. The quantitative estimate of drug-likeness (QED) is 0.916. The van der Waals surface area contributed by atoms with Crippen molar-refractivity contribution in [1.29, 1.82) is 5.26 Å². The van der Waals surface area contributed by atoms with Crippen molar-refractivity contribution in [3.8, 4) is 6.07 Å². The van der Waals surface area contributed by atoms with Gasteiger partial charge in [-0.15, -0.1) is 0 Å². The van der Waals surface area contributed by atoms with E-state index >= 15 is 0 Å². The first-order valence-electron chi connectivity index (χ1n) is 5.88. The van der Waals surface area contributed by atoms with E-state index < -0.39 is 5.97 Å². The van der Waals surface area contributed by atoms with Crippen molar-refractivity contribution in [1.82, 2.24) is 0 Å². The van der Waals surface area contributed by atoms with E-state index in [2.05, 4.69) is 22.0 Å². The number of aliphatic carboxylic acids is 1. The van der Waals surface area contributed by atoms with Gasteiger partial charge in [-0.1, -0.05) is 6.07 Å². The number of thioether (sulfide) groups is 1. The number of rotatable bonds is 3. The van der Waals surface area contributed by atoms with Crippen molar-refractivity contribution in [2.24, 2.45) is 0 Å². The SMILES string of the molecule is N#Cc1c(Br)cccc1N1CCSCC1CC(=O)O. The molecule has 0 bridgehead atoms. The molecule has 0 aromatic heterocycles. The number of anilines is 1. The molecule has 0 saturated carbocycles. The van der Waals surface area contributed by atoms with Crippen LogP contribution in [0.3, 0.4) is 0 Å². The van der Waals surface area contributed by atoms with E-state index in [4.69, 9.17) is 5.11 Å². The third kappa shape index (κ3) is 3.23. The standard InChI is InChI=1S/C13H13BrN2O2S/c14-11-2-1-3-12(10(11)7-15)16-4-5-19-8-9(16)6-13(17)18/h1-3,9H,4-6,8H2,(H,17,18). The molecule has 1 saturated heterocycles. The van der Waals surface area contributed by atoms with Gasteiger partial charge in [-0.3, -0.25) is 4.79 Å². The van der Waals surface area contributed by atoms with Gasteiger partial charge in [-0.2, -0.15) is 17.0 Å². The van der Waals surface area contributed by atoms with E-state index in [-0.39, 0.29) is 12.5 Å². The Kier molecular flexibility index (Phi) is 4.72. The van der Waals surface area contributed by atoms with E-state index in [1.807, 2.05) is 23.1 Å². The Balaban J connectivity index is 2.35. The molecule has 1 unspecified atom stereocenters. The van der Waals surface area contributed by atoms with Crippen molar-refractivity contribution in [2.45, 2.75) is 12.5 Å². The first-order chi connectivity index (χ1) is 9.13. The predicted molar refractivity (Wildman–Crippen MR) is 79.6 cm³/mol. The van der Waals surface area contributed by atoms with Crippen LogP contribution in [-0.2, 0) is 4.79 Å². The van der Waals surface area contributed by atoms with Crippen molar-refractivity contribution in [3.05, 3.63) is 28.2 Å². The third-order valence-corrected chi connectivity index (χ3v) is 4.80. The van der Waals surface area contributed by atoms with E-state index in [0.717, 1.165) is 28.2 Å². The molecule has 1 aromatic carbocycles. The lowest BCUT2D eigenvalue weighted by Crippen LogP contribution is -2.44. The van der Waals surface area contributed by atoms with Crippen LogP contribution in [0.4, 0.5) is 5.69 Å². The first-order valence-corrected chi connectivity index (χ1v) is 7.83.